The number of hydrogen-bond donors (Lipinski definition) is 0. The summed E-state index contributed by atoms with van der Waals surface area (Å²) in [7, 11) is -3.91. The molecule has 0 saturated carbocycles. The molecule has 0 fully saturated rings. The second kappa shape index (κ2) is 16.8. The predicted octanol–water partition coefficient (Wildman–Crippen LogP) is 17.9. The quantitative estimate of drug-likeness (QED) is 0.164. The fraction of sp³-hybridized carbons (Fsp3) is 0.0448. The van der Waals surface area contributed by atoms with Crippen LogP contribution in [0.1, 0.15) is 17.0 Å². The van der Waals surface area contributed by atoms with E-state index in [2.05, 4.69) is 259 Å². The van der Waals surface area contributed by atoms with E-state index in [0.717, 1.165) is 67.7 Å². The maximum absolute atomic E-state index is 8.35. The molecule has 336 valence electrons. The Balaban J connectivity index is 1.10. The summed E-state index contributed by atoms with van der Waals surface area (Å²) in [5.74, 6) is 1.63. The first-order valence-electron chi connectivity index (χ1n) is 24.7. The second-order valence-electron chi connectivity index (χ2n) is 19.1. The van der Waals surface area contributed by atoms with E-state index < -0.39 is 8.72 Å². The lowest BCUT2D eigenvalue weighted by Crippen LogP contribution is -2.62. The Morgan fingerprint density at radius 1 is 0.338 bits per heavy atom. The third kappa shape index (κ3) is 6.93. The zero-order valence-electron chi connectivity index (χ0n) is 39.0. The van der Waals surface area contributed by atoms with Crippen molar-refractivity contribution < 1.29 is 8.85 Å². The van der Waals surface area contributed by atoms with Gasteiger partial charge in [-0.3, -0.25) is 0 Å². The number of fused-ring (bicyclic) bond motifs is 14. The van der Waals surface area contributed by atoms with Gasteiger partial charge in [-0.1, -0.05) is 224 Å². The molecular formula is C67H47NO2Si. The molecule has 14 rings (SSSR count). The van der Waals surface area contributed by atoms with Gasteiger partial charge in [-0.15, -0.1) is 0 Å². The molecule has 0 radical (unpaired) electrons. The van der Waals surface area contributed by atoms with Gasteiger partial charge in [0.05, 0.1) is 0 Å². The van der Waals surface area contributed by atoms with Gasteiger partial charge >= 0.3 is 8.72 Å². The first kappa shape index (κ1) is 41.3. The average molecular weight is 926 g/mol. The van der Waals surface area contributed by atoms with Crippen LogP contribution < -0.4 is 13.4 Å². The van der Waals surface area contributed by atoms with Gasteiger partial charge in [0.1, 0.15) is 11.5 Å². The van der Waals surface area contributed by atoms with Gasteiger partial charge in [0.2, 0.25) is 0 Å². The summed E-state index contributed by atoms with van der Waals surface area (Å²) in [6, 6.07) is 93.8. The van der Waals surface area contributed by atoms with Gasteiger partial charge in [-0.05, 0) is 125 Å². The van der Waals surface area contributed by atoms with Crippen molar-refractivity contribution in [3.8, 4) is 56.0 Å². The molecule has 0 aromatic heterocycles. The van der Waals surface area contributed by atoms with E-state index in [9.17, 15) is 0 Å². The maximum atomic E-state index is 8.35. The van der Waals surface area contributed by atoms with Crippen molar-refractivity contribution in [1.29, 1.82) is 0 Å². The van der Waals surface area contributed by atoms with Crippen LogP contribution in [-0.2, 0) is 6.42 Å². The summed E-state index contributed by atoms with van der Waals surface area (Å²) in [5.41, 5.74) is 13.9. The van der Waals surface area contributed by atoms with Gasteiger partial charge in [-0.25, -0.2) is 0 Å². The van der Waals surface area contributed by atoms with Crippen LogP contribution in [0.25, 0.3) is 87.6 Å². The molecule has 0 aliphatic carbocycles. The Labute approximate surface area is 414 Å². The standard InChI is InChI=1S/C67H47NO2Si/c1-3-15-45(16-4-1)47-27-29-49(30-28-47)55-43-54-32-31-50-19-7-11-23-57(50)64(54)66-59-25-13-9-21-52(59)36-41-62(66)69-71(44-55)68(56-38-33-48(34-39-56)46-17-5-2-6-18-46)61-40-35-51-20-8-12-24-58(51)65(61)67-60-26-14-10-22-53(60)37-42-63(67)70-71/h1-42,55H,43-44H2. The summed E-state index contributed by atoms with van der Waals surface area (Å²) >= 11 is 0. The van der Waals surface area contributed by atoms with E-state index in [-0.39, 0.29) is 5.92 Å². The van der Waals surface area contributed by atoms with Crippen LogP contribution in [0.2, 0.25) is 6.04 Å². The molecule has 2 atom stereocenters. The van der Waals surface area contributed by atoms with Gasteiger partial charge in [0, 0.05) is 34.1 Å². The molecule has 0 saturated heterocycles. The monoisotopic (exact) mass is 925 g/mol. The van der Waals surface area contributed by atoms with Crippen LogP contribution in [-0.4, -0.2) is 8.72 Å². The Morgan fingerprint density at radius 2 is 0.746 bits per heavy atom. The normalized spacial score (nSPS) is 16.2. The number of nitrogens with zero attached hydrogens (tertiary/aromatic N) is 1. The number of rotatable bonds is 4. The molecular weight excluding hydrogens is 879 g/mol. The third-order valence-corrected chi connectivity index (χ3v) is 18.3. The van der Waals surface area contributed by atoms with E-state index in [1.807, 2.05) is 0 Å². The number of benzene rings is 12. The Hall–Kier alpha value is -8.70. The highest BCUT2D eigenvalue weighted by molar-refractivity contribution is 6.75. The summed E-state index contributed by atoms with van der Waals surface area (Å²) in [5, 5.41) is 9.39. The largest absolute Gasteiger partial charge is 0.593 e. The molecule has 4 heteroatoms. The van der Waals surface area contributed by atoms with Gasteiger partial charge in [0.25, 0.3) is 0 Å². The first-order chi connectivity index (χ1) is 35.2. The molecule has 2 aliphatic rings. The highest BCUT2D eigenvalue weighted by atomic mass is 28.4. The summed E-state index contributed by atoms with van der Waals surface area (Å²) in [4.78, 5) is 0. The maximum Gasteiger partial charge on any atom is 0.593 e. The minimum absolute atomic E-state index is 0.0241. The van der Waals surface area contributed by atoms with Crippen LogP contribution in [0, 0.1) is 0 Å². The molecule has 12 aromatic rings. The fourth-order valence-corrected chi connectivity index (χ4v) is 15.4. The lowest BCUT2D eigenvalue weighted by Gasteiger charge is -2.41. The summed E-state index contributed by atoms with van der Waals surface area (Å²) in [6.45, 7) is 0. The molecule has 2 unspecified atom stereocenters. The third-order valence-electron chi connectivity index (χ3n) is 15.0. The highest BCUT2D eigenvalue weighted by Gasteiger charge is 2.56. The predicted molar refractivity (Wildman–Crippen MR) is 298 cm³/mol. The van der Waals surface area contributed by atoms with E-state index in [1.54, 1.807) is 0 Å². The molecule has 12 aromatic carbocycles. The zero-order valence-corrected chi connectivity index (χ0v) is 40.0. The van der Waals surface area contributed by atoms with Crippen molar-refractivity contribution in [2.75, 3.05) is 4.57 Å². The summed E-state index contributed by atoms with van der Waals surface area (Å²) < 4.78 is 19.1. The van der Waals surface area contributed by atoms with E-state index in [0.29, 0.717) is 6.04 Å². The SMILES string of the molecule is c1ccc(-c2ccc(C3Cc4ccc5ccccc5c4-c4c(ccc5ccccc45)O[Si]4(C3)Oc3ccc5ccccc5c3-c3c(ccc5ccccc35)N4c3ccc(-c4ccccc4)cc3)cc2)cc1. The smallest absolute Gasteiger partial charge is 0.496 e. The van der Waals surface area contributed by atoms with Crippen molar-refractivity contribution in [3.05, 3.63) is 266 Å². The first-order valence-corrected chi connectivity index (χ1v) is 26.7. The fourth-order valence-electron chi connectivity index (χ4n) is 11.7. The molecule has 0 N–H and O–H groups in total. The minimum atomic E-state index is -3.91. The van der Waals surface area contributed by atoms with Crippen molar-refractivity contribution >= 4 is 63.2 Å². The lowest BCUT2D eigenvalue weighted by atomic mass is 9.84. The van der Waals surface area contributed by atoms with E-state index in [4.69, 9.17) is 8.85 Å². The molecule has 3 nitrogen and oxygen atoms in total. The van der Waals surface area contributed by atoms with Crippen LogP contribution in [0.3, 0.4) is 0 Å². The van der Waals surface area contributed by atoms with Gasteiger partial charge in [0.15, 0.2) is 0 Å². The Kier molecular flexibility index (Phi) is 9.75. The van der Waals surface area contributed by atoms with E-state index in [1.165, 1.54) is 60.3 Å². The Morgan fingerprint density at radius 3 is 1.28 bits per heavy atom. The molecule has 1 spiro atoms. The molecule has 0 bridgehead atoms. The highest BCUT2D eigenvalue weighted by Crippen LogP contribution is 2.55. The van der Waals surface area contributed by atoms with Gasteiger partial charge < -0.3 is 13.4 Å². The molecule has 2 aliphatic heterocycles. The van der Waals surface area contributed by atoms with Gasteiger partial charge in [-0.2, -0.15) is 0 Å². The molecule has 2 heterocycles. The van der Waals surface area contributed by atoms with Crippen LogP contribution in [0.15, 0.2) is 255 Å². The lowest BCUT2D eigenvalue weighted by molar-refractivity contribution is 0.375. The van der Waals surface area contributed by atoms with Crippen molar-refractivity contribution in [1.82, 2.24) is 0 Å². The second-order valence-corrected chi connectivity index (χ2v) is 21.8. The van der Waals surface area contributed by atoms with Crippen LogP contribution >= 0.6 is 0 Å². The topological polar surface area (TPSA) is 21.7 Å². The molecule has 0 amide bonds. The summed E-state index contributed by atoms with van der Waals surface area (Å²) in [6.07, 6.45) is 0.769. The van der Waals surface area contributed by atoms with Crippen LogP contribution in [0.4, 0.5) is 11.4 Å². The zero-order chi connectivity index (χ0) is 46.9. The number of hydrogen-bond acceptors (Lipinski definition) is 3. The van der Waals surface area contributed by atoms with E-state index >= 15 is 0 Å². The molecule has 71 heavy (non-hydrogen) atoms. The number of anilines is 2. The van der Waals surface area contributed by atoms with Crippen molar-refractivity contribution in [2.24, 2.45) is 0 Å². The van der Waals surface area contributed by atoms with Crippen molar-refractivity contribution in [3.63, 3.8) is 0 Å². The minimum Gasteiger partial charge on any atom is -0.496 e. The van der Waals surface area contributed by atoms with Crippen LogP contribution in [0.5, 0.6) is 11.5 Å². The van der Waals surface area contributed by atoms with Crippen molar-refractivity contribution in [2.45, 2.75) is 18.4 Å². The Bertz CT molecular complexity index is 4000. The average Bonchev–Trinajstić information content (AvgIpc) is 3.51.